The normalized spacial score (nSPS) is 15.6. The fourth-order valence-electron chi connectivity index (χ4n) is 2.92. The average molecular weight is 335 g/mol. The van der Waals surface area contributed by atoms with E-state index in [9.17, 15) is 0 Å². The van der Waals surface area contributed by atoms with Crippen molar-refractivity contribution in [2.45, 2.75) is 52.0 Å². The minimum absolute atomic E-state index is 0.665. The maximum atomic E-state index is 8.99. The predicted octanol–water partition coefficient (Wildman–Crippen LogP) is 5.12. The van der Waals surface area contributed by atoms with Crippen LogP contribution in [0.15, 0.2) is 22.7 Å². The molecule has 108 valence electrons. The molecule has 1 aromatic carbocycles. The van der Waals surface area contributed by atoms with E-state index in [0.29, 0.717) is 6.04 Å². The Bertz CT molecular complexity index is 484. The maximum absolute atomic E-state index is 8.99. The van der Waals surface area contributed by atoms with Crippen LogP contribution < -0.4 is 4.90 Å². The van der Waals surface area contributed by atoms with Crippen LogP contribution in [-0.4, -0.2) is 12.6 Å². The van der Waals surface area contributed by atoms with Crippen LogP contribution in [0.4, 0.5) is 5.69 Å². The highest BCUT2D eigenvalue weighted by Gasteiger charge is 2.24. The molecule has 0 radical (unpaired) electrons. The molecular weight excluding hydrogens is 312 g/mol. The van der Waals surface area contributed by atoms with Crippen LogP contribution in [0.5, 0.6) is 0 Å². The first-order valence-corrected chi connectivity index (χ1v) is 8.37. The van der Waals surface area contributed by atoms with Crippen LogP contribution in [0.3, 0.4) is 0 Å². The van der Waals surface area contributed by atoms with E-state index in [2.05, 4.69) is 46.8 Å². The molecule has 0 bridgehead atoms. The molecule has 0 unspecified atom stereocenters. The zero-order valence-corrected chi connectivity index (χ0v) is 14.0. The van der Waals surface area contributed by atoms with Gasteiger partial charge in [0.25, 0.3) is 0 Å². The molecule has 0 aliphatic heterocycles. The maximum Gasteiger partial charge on any atom is 0.0992 e. The van der Waals surface area contributed by atoms with Crippen molar-refractivity contribution in [2.75, 3.05) is 11.4 Å². The molecule has 1 aliphatic rings. The van der Waals surface area contributed by atoms with Crippen molar-refractivity contribution in [3.8, 4) is 6.07 Å². The van der Waals surface area contributed by atoms with Crippen LogP contribution in [0, 0.1) is 17.2 Å². The van der Waals surface area contributed by atoms with Gasteiger partial charge in [-0.1, -0.05) is 26.7 Å². The Labute approximate surface area is 130 Å². The Kier molecular flexibility index (Phi) is 5.48. The smallest absolute Gasteiger partial charge is 0.0992 e. The molecule has 0 spiro atoms. The van der Waals surface area contributed by atoms with Gasteiger partial charge in [-0.25, -0.2) is 0 Å². The van der Waals surface area contributed by atoms with Gasteiger partial charge in [-0.2, -0.15) is 5.26 Å². The number of hydrogen-bond acceptors (Lipinski definition) is 2. The van der Waals surface area contributed by atoms with Crippen molar-refractivity contribution in [3.63, 3.8) is 0 Å². The Morgan fingerprint density at radius 2 is 2.05 bits per heavy atom. The molecule has 1 aliphatic carbocycles. The third kappa shape index (κ3) is 3.76. The molecule has 0 aromatic heterocycles. The second-order valence-electron chi connectivity index (χ2n) is 6.09. The fourth-order valence-corrected chi connectivity index (χ4v) is 3.53. The molecule has 0 amide bonds. The van der Waals surface area contributed by atoms with Gasteiger partial charge in [-0.05, 0) is 59.3 Å². The number of anilines is 1. The first-order chi connectivity index (χ1) is 9.61. The lowest BCUT2D eigenvalue weighted by molar-refractivity contribution is 0.528. The quantitative estimate of drug-likeness (QED) is 0.747. The molecule has 0 N–H and O–H groups in total. The van der Waals surface area contributed by atoms with Crippen molar-refractivity contribution < 1.29 is 0 Å². The summed E-state index contributed by atoms with van der Waals surface area (Å²) in [6, 6.07) is 8.83. The summed E-state index contributed by atoms with van der Waals surface area (Å²) in [7, 11) is 0. The van der Waals surface area contributed by atoms with Crippen LogP contribution in [0.1, 0.15) is 51.5 Å². The van der Waals surface area contributed by atoms with E-state index in [0.717, 1.165) is 22.5 Å². The molecule has 20 heavy (non-hydrogen) atoms. The molecular formula is C17H23BrN2. The topological polar surface area (TPSA) is 27.0 Å². The molecule has 0 atom stereocenters. The summed E-state index contributed by atoms with van der Waals surface area (Å²) in [6.07, 6.45) is 6.49. The summed E-state index contributed by atoms with van der Waals surface area (Å²) in [5.41, 5.74) is 1.97. The molecule has 0 saturated heterocycles. The van der Waals surface area contributed by atoms with Crippen molar-refractivity contribution in [3.05, 3.63) is 28.2 Å². The first kappa shape index (κ1) is 15.4. The Morgan fingerprint density at radius 1 is 1.35 bits per heavy atom. The zero-order chi connectivity index (χ0) is 14.5. The summed E-state index contributed by atoms with van der Waals surface area (Å²) >= 11 is 3.65. The fraction of sp³-hybridized carbons (Fsp3) is 0.588. The summed E-state index contributed by atoms with van der Waals surface area (Å²) < 4.78 is 1.05. The SMILES string of the molecule is CC(C)CCN(c1ccc(C#N)cc1Br)C1CCCC1. The van der Waals surface area contributed by atoms with E-state index in [-0.39, 0.29) is 0 Å². The van der Waals surface area contributed by atoms with Gasteiger partial charge in [-0.3, -0.25) is 0 Å². The minimum Gasteiger partial charge on any atom is -0.368 e. The molecule has 0 heterocycles. The molecule has 2 nitrogen and oxygen atoms in total. The lowest BCUT2D eigenvalue weighted by Crippen LogP contribution is -2.35. The summed E-state index contributed by atoms with van der Waals surface area (Å²) in [5.74, 6) is 0.719. The number of benzene rings is 1. The molecule has 1 aromatic rings. The first-order valence-electron chi connectivity index (χ1n) is 7.58. The Morgan fingerprint density at radius 3 is 2.60 bits per heavy atom. The number of nitriles is 1. The van der Waals surface area contributed by atoms with Crippen molar-refractivity contribution in [1.82, 2.24) is 0 Å². The van der Waals surface area contributed by atoms with Gasteiger partial charge in [0.1, 0.15) is 0 Å². The van der Waals surface area contributed by atoms with Crippen molar-refractivity contribution >= 4 is 21.6 Å². The predicted molar refractivity (Wildman–Crippen MR) is 87.9 cm³/mol. The highest BCUT2D eigenvalue weighted by Crippen LogP contribution is 2.34. The van der Waals surface area contributed by atoms with Crippen molar-refractivity contribution in [1.29, 1.82) is 5.26 Å². The zero-order valence-electron chi connectivity index (χ0n) is 12.4. The van der Waals surface area contributed by atoms with Crippen molar-refractivity contribution in [2.24, 2.45) is 5.92 Å². The van der Waals surface area contributed by atoms with Gasteiger partial charge in [0.15, 0.2) is 0 Å². The lowest BCUT2D eigenvalue weighted by atomic mass is 10.1. The van der Waals surface area contributed by atoms with E-state index in [4.69, 9.17) is 5.26 Å². The summed E-state index contributed by atoms with van der Waals surface area (Å²) in [5, 5.41) is 8.99. The van der Waals surface area contributed by atoms with Gasteiger partial charge < -0.3 is 4.90 Å². The monoisotopic (exact) mass is 334 g/mol. The van der Waals surface area contributed by atoms with E-state index < -0.39 is 0 Å². The minimum atomic E-state index is 0.665. The standard InChI is InChI=1S/C17H23BrN2/c1-13(2)9-10-20(15-5-3-4-6-15)17-8-7-14(12-19)11-16(17)18/h7-8,11,13,15H,3-6,9-10H2,1-2H3. The number of rotatable bonds is 5. The molecule has 3 heteroatoms. The second kappa shape index (κ2) is 7.13. The van der Waals surface area contributed by atoms with E-state index in [1.54, 1.807) is 0 Å². The van der Waals surface area contributed by atoms with Gasteiger partial charge in [0.05, 0.1) is 17.3 Å². The van der Waals surface area contributed by atoms with Crippen LogP contribution in [0.25, 0.3) is 0 Å². The number of halogens is 1. The van der Waals surface area contributed by atoms with Gasteiger partial charge in [0, 0.05) is 17.1 Å². The molecule has 1 saturated carbocycles. The third-order valence-electron chi connectivity index (χ3n) is 4.10. The van der Waals surface area contributed by atoms with Gasteiger partial charge >= 0.3 is 0 Å². The van der Waals surface area contributed by atoms with Crippen LogP contribution in [0.2, 0.25) is 0 Å². The van der Waals surface area contributed by atoms with E-state index in [1.807, 2.05) is 12.1 Å². The van der Waals surface area contributed by atoms with Gasteiger partial charge in [0.2, 0.25) is 0 Å². The van der Waals surface area contributed by atoms with Crippen LogP contribution in [-0.2, 0) is 0 Å². The Hall–Kier alpha value is -1.01. The molecule has 2 rings (SSSR count). The second-order valence-corrected chi connectivity index (χ2v) is 6.95. The highest BCUT2D eigenvalue weighted by atomic mass is 79.9. The van der Waals surface area contributed by atoms with Gasteiger partial charge in [-0.15, -0.1) is 0 Å². The molecule has 1 fully saturated rings. The largest absolute Gasteiger partial charge is 0.368 e. The number of nitrogens with zero attached hydrogens (tertiary/aromatic N) is 2. The Balaban J connectivity index is 2.23. The summed E-state index contributed by atoms with van der Waals surface area (Å²) in [4.78, 5) is 2.55. The van der Waals surface area contributed by atoms with Crippen LogP contribution >= 0.6 is 15.9 Å². The lowest BCUT2D eigenvalue weighted by Gasteiger charge is -2.32. The van der Waals surface area contributed by atoms with E-state index in [1.165, 1.54) is 37.8 Å². The summed E-state index contributed by atoms with van der Waals surface area (Å²) in [6.45, 7) is 5.66. The highest BCUT2D eigenvalue weighted by molar-refractivity contribution is 9.10. The third-order valence-corrected chi connectivity index (χ3v) is 4.73. The number of hydrogen-bond donors (Lipinski definition) is 0. The van der Waals surface area contributed by atoms with E-state index >= 15 is 0 Å². The average Bonchev–Trinajstić information content (AvgIpc) is 2.94.